The van der Waals surface area contributed by atoms with E-state index in [1.54, 1.807) is 0 Å². The first-order chi connectivity index (χ1) is 21.1. The molecule has 2 amide bonds. The Labute approximate surface area is 257 Å². The maximum absolute atomic E-state index is 12.4. The third-order valence-electron chi connectivity index (χ3n) is 10.2. The van der Waals surface area contributed by atoms with E-state index in [4.69, 9.17) is 19.7 Å². The quantitative estimate of drug-likeness (QED) is 0.278. The van der Waals surface area contributed by atoms with Crippen LogP contribution >= 0.6 is 0 Å². The van der Waals surface area contributed by atoms with Gasteiger partial charge in [0.1, 0.15) is 13.2 Å². The van der Waals surface area contributed by atoms with Crippen LogP contribution in [0.15, 0.2) is 60.7 Å². The second kappa shape index (κ2) is 12.9. The highest BCUT2D eigenvalue weighted by Crippen LogP contribution is 2.58. The van der Waals surface area contributed by atoms with Crippen LogP contribution in [0.1, 0.15) is 88.2 Å². The van der Waals surface area contributed by atoms with Crippen LogP contribution in [-0.2, 0) is 32.3 Å². The first-order valence-electron chi connectivity index (χ1n) is 15.5. The average molecular weight is 607 g/mol. The summed E-state index contributed by atoms with van der Waals surface area (Å²) in [6.45, 7) is 0.496. The molecule has 10 heteroatoms. The molecule has 4 saturated carbocycles. The Hall–Kier alpha value is -4.08. The van der Waals surface area contributed by atoms with Crippen molar-refractivity contribution in [1.82, 2.24) is 10.6 Å². The Morgan fingerprint density at radius 2 is 0.977 bits per heavy atom. The lowest BCUT2D eigenvalue weighted by atomic mass is 9.69. The van der Waals surface area contributed by atoms with Gasteiger partial charge < -0.3 is 30.3 Å². The molecule has 2 aromatic carbocycles. The van der Waals surface area contributed by atoms with Crippen LogP contribution in [0.4, 0.5) is 9.59 Å². The topological polar surface area (TPSA) is 151 Å². The predicted octanol–water partition coefficient (Wildman–Crippen LogP) is 6.18. The molecule has 0 aromatic heterocycles. The summed E-state index contributed by atoms with van der Waals surface area (Å²) in [5, 5.41) is 24.4. The van der Waals surface area contributed by atoms with Crippen molar-refractivity contribution in [1.29, 1.82) is 0 Å². The summed E-state index contributed by atoms with van der Waals surface area (Å²) < 4.78 is 10.8. The minimum absolute atomic E-state index is 0.248. The molecule has 4 aliphatic rings. The van der Waals surface area contributed by atoms with E-state index in [9.17, 15) is 19.2 Å². The number of carboxylic acid groups (broad SMARTS) is 2. The number of carbonyl (C=O) groups is 4. The molecule has 236 valence electrons. The molecule has 4 atom stereocenters. The Morgan fingerprint density at radius 3 is 1.39 bits per heavy atom. The highest BCUT2D eigenvalue weighted by atomic mass is 16.6. The van der Waals surface area contributed by atoms with Gasteiger partial charge in [0.25, 0.3) is 0 Å². The Bertz CT molecular complexity index is 1250. The van der Waals surface area contributed by atoms with Gasteiger partial charge in [-0.05, 0) is 81.8 Å². The van der Waals surface area contributed by atoms with Gasteiger partial charge in [-0.3, -0.25) is 9.59 Å². The number of benzene rings is 2. The molecule has 4 bridgehead atoms. The lowest BCUT2D eigenvalue weighted by Gasteiger charge is -2.39. The molecule has 4 N–H and O–H groups in total. The number of nitrogens with one attached hydrogen (secondary N) is 2. The van der Waals surface area contributed by atoms with E-state index in [2.05, 4.69) is 10.6 Å². The highest BCUT2D eigenvalue weighted by molar-refractivity contribution is 5.81. The van der Waals surface area contributed by atoms with Crippen molar-refractivity contribution in [2.24, 2.45) is 10.8 Å². The van der Waals surface area contributed by atoms with E-state index in [0.29, 0.717) is 38.5 Å². The highest BCUT2D eigenvalue weighted by Gasteiger charge is 2.58. The maximum Gasteiger partial charge on any atom is 0.407 e. The Morgan fingerprint density at radius 1 is 0.568 bits per heavy atom. The first kappa shape index (κ1) is 31.3. The molecular weight excluding hydrogens is 564 g/mol. The van der Waals surface area contributed by atoms with Gasteiger partial charge in [-0.1, -0.05) is 67.1 Å². The van der Waals surface area contributed by atoms with E-state index in [0.717, 1.165) is 49.7 Å². The summed E-state index contributed by atoms with van der Waals surface area (Å²) in [5.74, 6) is -1.61. The standard InChI is InChI=1S/C24H28N2O4.C10H14O4/c27-21(29-16-19-8-3-1-4-9-19)25-23-12-7-13-24(18-23,15-14-23)26-22(28)30-17-20-10-5-2-6-11-20;11-7(12)9-2-1-3-10(6-9,5-4-9)8(13)14/h1-6,8-11H,7,12-18H2,(H,25,27)(H,26,28);1-6H2,(H,11,12)(H,13,14). The van der Waals surface area contributed by atoms with Gasteiger partial charge in [0, 0.05) is 11.1 Å². The van der Waals surface area contributed by atoms with Gasteiger partial charge in [0.15, 0.2) is 0 Å². The molecule has 0 heterocycles. The van der Waals surface area contributed by atoms with Gasteiger partial charge in [-0.15, -0.1) is 0 Å². The third kappa shape index (κ3) is 7.00. The van der Waals surface area contributed by atoms with Crippen LogP contribution in [0.5, 0.6) is 0 Å². The number of alkyl carbamates (subject to hydrolysis) is 2. The molecule has 0 saturated heterocycles. The van der Waals surface area contributed by atoms with Gasteiger partial charge in [-0.2, -0.15) is 0 Å². The molecule has 0 radical (unpaired) electrons. The summed E-state index contributed by atoms with van der Waals surface area (Å²) in [7, 11) is 0. The van der Waals surface area contributed by atoms with Crippen molar-refractivity contribution in [2.45, 2.75) is 101 Å². The minimum Gasteiger partial charge on any atom is -0.481 e. The average Bonchev–Trinajstić information content (AvgIpc) is 3.45. The van der Waals surface area contributed by atoms with Crippen LogP contribution in [0.2, 0.25) is 0 Å². The van der Waals surface area contributed by atoms with Crippen LogP contribution in [-0.4, -0.2) is 45.4 Å². The first-order valence-corrected chi connectivity index (χ1v) is 15.5. The van der Waals surface area contributed by atoms with Crippen molar-refractivity contribution in [2.75, 3.05) is 0 Å². The molecule has 4 aliphatic carbocycles. The number of amides is 2. The second-order valence-electron chi connectivity index (χ2n) is 13.2. The van der Waals surface area contributed by atoms with Crippen LogP contribution in [0.25, 0.3) is 0 Å². The summed E-state index contributed by atoms with van der Waals surface area (Å²) >= 11 is 0. The number of hydrogen-bond donors (Lipinski definition) is 4. The summed E-state index contributed by atoms with van der Waals surface area (Å²) in [6.07, 6.45) is 7.75. The molecule has 4 fully saturated rings. The monoisotopic (exact) mass is 606 g/mol. The van der Waals surface area contributed by atoms with Gasteiger partial charge >= 0.3 is 24.1 Å². The third-order valence-corrected chi connectivity index (χ3v) is 10.2. The van der Waals surface area contributed by atoms with Crippen molar-refractivity contribution in [3.05, 3.63) is 71.8 Å². The van der Waals surface area contributed by atoms with E-state index >= 15 is 0 Å². The summed E-state index contributed by atoms with van der Waals surface area (Å²) in [6, 6.07) is 19.3. The predicted molar refractivity (Wildman–Crippen MR) is 161 cm³/mol. The number of hydrogen-bond acceptors (Lipinski definition) is 6. The molecule has 0 spiro atoms. The van der Waals surface area contributed by atoms with E-state index < -0.39 is 35.0 Å². The van der Waals surface area contributed by atoms with Crippen molar-refractivity contribution in [3.8, 4) is 0 Å². The van der Waals surface area contributed by atoms with Gasteiger partial charge in [-0.25, -0.2) is 9.59 Å². The van der Waals surface area contributed by atoms with Crippen LogP contribution in [0, 0.1) is 10.8 Å². The number of ether oxygens (including phenoxy) is 2. The Balaban J connectivity index is 0.000000229. The fourth-order valence-corrected chi connectivity index (χ4v) is 7.86. The van der Waals surface area contributed by atoms with E-state index in [1.165, 1.54) is 0 Å². The van der Waals surface area contributed by atoms with Gasteiger partial charge in [0.05, 0.1) is 10.8 Å². The van der Waals surface area contributed by atoms with Crippen molar-refractivity contribution < 1.29 is 38.9 Å². The molecule has 6 rings (SSSR count). The molecule has 44 heavy (non-hydrogen) atoms. The number of carbonyl (C=O) groups excluding carboxylic acids is 2. The Kier molecular flexibility index (Phi) is 9.18. The van der Waals surface area contributed by atoms with Crippen LogP contribution in [0.3, 0.4) is 0 Å². The lowest BCUT2D eigenvalue weighted by Crippen LogP contribution is -2.55. The molecule has 4 unspecified atom stereocenters. The summed E-state index contributed by atoms with van der Waals surface area (Å²) in [4.78, 5) is 47.0. The fourth-order valence-electron chi connectivity index (χ4n) is 7.86. The van der Waals surface area contributed by atoms with Crippen molar-refractivity contribution >= 4 is 24.1 Å². The number of rotatable bonds is 8. The fraction of sp³-hybridized carbons (Fsp3) is 0.529. The van der Waals surface area contributed by atoms with Crippen LogP contribution < -0.4 is 10.6 Å². The normalized spacial score (nSPS) is 29.8. The van der Waals surface area contributed by atoms with Crippen molar-refractivity contribution in [3.63, 3.8) is 0 Å². The largest absolute Gasteiger partial charge is 0.481 e. The molecule has 10 nitrogen and oxygen atoms in total. The SMILES string of the molecule is O=C(NC12CCCC(NC(=O)OCc3ccccc3)(CC1)C2)OCc1ccccc1.O=C(O)C12CCCC(C(=O)O)(CC1)C2. The zero-order valence-corrected chi connectivity index (χ0v) is 25.0. The zero-order valence-electron chi connectivity index (χ0n) is 25.0. The minimum atomic E-state index is -0.805. The molecular formula is C34H42N2O8. The maximum atomic E-state index is 12.4. The molecule has 0 aliphatic heterocycles. The zero-order chi connectivity index (χ0) is 31.3. The second-order valence-corrected chi connectivity index (χ2v) is 13.2. The lowest BCUT2D eigenvalue weighted by molar-refractivity contribution is -0.156. The number of aliphatic carboxylic acids is 2. The number of fused-ring (bicyclic) bond motifs is 4. The van der Waals surface area contributed by atoms with E-state index in [1.807, 2.05) is 60.7 Å². The van der Waals surface area contributed by atoms with E-state index in [-0.39, 0.29) is 24.3 Å². The smallest absolute Gasteiger partial charge is 0.407 e. The van der Waals surface area contributed by atoms with Gasteiger partial charge in [0.2, 0.25) is 0 Å². The summed E-state index contributed by atoms with van der Waals surface area (Å²) in [5.41, 5.74) is -0.181. The molecule has 2 aromatic rings. The number of carboxylic acids is 2.